The van der Waals surface area contributed by atoms with E-state index in [2.05, 4.69) is 44.9 Å². The molecule has 1 rings (SSSR count). The Morgan fingerprint density at radius 3 is 2.52 bits per heavy atom. The molecular formula is C19H29NO. The molecule has 0 radical (unpaired) electrons. The van der Waals surface area contributed by atoms with Crippen LogP contribution in [0.25, 0.3) is 5.57 Å². The number of benzene rings is 1. The highest BCUT2D eigenvalue weighted by Crippen LogP contribution is 2.16. The maximum absolute atomic E-state index is 11.4. The number of rotatable bonds is 8. The van der Waals surface area contributed by atoms with E-state index < -0.39 is 0 Å². The summed E-state index contributed by atoms with van der Waals surface area (Å²) >= 11 is 0. The molecule has 0 N–H and O–H groups in total. The van der Waals surface area contributed by atoms with Gasteiger partial charge in [0.25, 0.3) is 0 Å². The summed E-state index contributed by atoms with van der Waals surface area (Å²) in [6.07, 6.45) is 4.78. The number of carbonyl (C=O) groups excluding carboxylic acids is 1. The largest absolute Gasteiger partial charge is 0.303 e. The normalized spacial score (nSPS) is 12.2. The fraction of sp³-hybridized carbons (Fsp3) is 0.526. The van der Waals surface area contributed by atoms with Crippen molar-refractivity contribution < 1.29 is 4.79 Å². The van der Waals surface area contributed by atoms with Gasteiger partial charge in [0.05, 0.1) is 0 Å². The lowest BCUT2D eigenvalue weighted by Crippen LogP contribution is -2.20. The van der Waals surface area contributed by atoms with Gasteiger partial charge in [-0.2, -0.15) is 0 Å². The van der Waals surface area contributed by atoms with Gasteiger partial charge in [-0.3, -0.25) is 4.79 Å². The summed E-state index contributed by atoms with van der Waals surface area (Å²) in [6, 6.07) is 7.87. The second-order valence-electron chi connectivity index (χ2n) is 6.32. The average molecular weight is 287 g/mol. The van der Waals surface area contributed by atoms with Crippen molar-refractivity contribution in [2.24, 2.45) is 5.92 Å². The fourth-order valence-corrected chi connectivity index (χ4v) is 2.25. The molecule has 116 valence electrons. The van der Waals surface area contributed by atoms with Gasteiger partial charge >= 0.3 is 0 Å². The molecule has 0 aliphatic rings. The molecule has 0 atom stereocenters. The van der Waals surface area contributed by atoms with Crippen LogP contribution in [0.1, 0.15) is 56.5 Å². The Bertz CT molecular complexity index is 488. The number of likely N-dealkylation sites (N-methyl/N-ethyl adjacent to an activating group) is 1. The first-order valence-electron chi connectivity index (χ1n) is 7.87. The lowest BCUT2D eigenvalue weighted by atomic mass is 10.0. The van der Waals surface area contributed by atoms with Crippen LogP contribution < -0.4 is 0 Å². The molecule has 0 aromatic heterocycles. The zero-order valence-corrected chi connectivity index (χ0v) is 14.1. The molecule has 2 heteroatoms. The third kappa shape index (κ3) is 6.72. The van der Waals surface area contributed by atoms with E-state index in [4.69, 9.17) is 0 Å². The maximum Gasteiger partial charge on any atom is 0.159 e. The van der Waals surface area contributed by atoms with E-state index in [9.17, 15) is 4.79 Å². The first-order valence-corrected chi connectivity index (χ1v) is 7.87. The number of ketones is 1. The molecule has 2 nitrogen and oxygen atoms in total. The van der Waals surface area contributed by atoms with Crippen molar-refractivity contribution in [3.63, 3.8) is 0 Å². The monoisotopic (exact) mass is 287 g/mol. The van der Waals surface area contributed by atoms with Crippen molar-refractivity contribution in [2.45, 2.75) is 40.5 Å². The highest BCUT2D eigenvalue weighted by atomic mass is 16.1. The van der Waals surface area contributed by atoms with E-state index in [1.54, 1.807) is 6.92 Å². The SMILES string of the molecule is CC(=O)c1cccc(/C(C)=C/CN(C)CCCC(C)C)c1. The van der Waals surface area contributed by atoms with E-state index in [-0.39, 0.29) is 5.78 Å². The van der Waals surface area contributed by atoms with Crippen molar-refractivity contribution in [1.29, 1.82) is 0 Å². The van der Waals surface area contributed by atoms with Crippen LogP contribution >= 0.6 is 0 Å². The van der Waals surface area contributed by atoms with Gasteiger partial charge in [-0.25, -0.2) is 0 Å². The quantitative estimate of drug-likeness (QED) is 0.648. The Balaban J connectivity index is 2.56. The number of hydrogen-bond donors (Lipinski definition) is 0. The summed E-state index contributed by atoms with van der Waals surface area (Å²) < 4.78 is 0. The molecule has 0 bridgehead atoms. The van der Waals surface area contributed by atoms with Gasteiger partial charge in [0, 0.05) is 12.1 Å². The van der Waals surface area contributed by atoms with E-state index >= 15 is 0 Å². The Labute approximate surface area is 129 Å². The summed E-state index contributed by atoms with van der Waals surface area (Å²) in [6.45, 7) is 10.4. The van der Waals surface area contributed by atoms with Crippen LogP contribution in [0, 0.1) is 5.92 Å². The predicted molar refractivity (Wildman–Crippen MR) is 91.7 cm³/mol. The Kier molecular flexibility index (Phi) is 7.38. The number of Topliss-reactive ketones (excluding diaryl/α,β-unsaturated/α-hetero) is 1. The predicted octanol–water partition coefficient (Wildman–Crippen LogP) is 4.66. The van der Waals surface area contributed by atoms with Crippen LogP contribution in [-0.4, -0.2) is 30.8 Å². The third-order valence-electron chi connectivity index (χ3n) is 3.75. The van der Waals surface area contributed by atoms with Crippen molar-refractivity contribution in [3.8, 4) is 0 Å². The zero-order chi connectivity index (χ0) is 15.8. The summed E-state index contributed by atoms with van der Waals surface area (Å²) in [5.74, 6) is 0.903. The van der Waals surface area contributed by atoms with E-state index in [1.165, 1.54) is 18.4 Å². The molecular weight excluding hydrogens is 258 g/mol. The second-order valence-corrected chi connectivity index (χ2v) is 6.32. The number of hydrogen-bond acceptors (Lipinski definition) is 2. The topological polar surface area (TPSA) is 20.3 Å². The highest BCUT2D eigenvalue weighted by molar-refractivity contribution is 5.94. The Morgan fingerprint density at radius 2 is 1.90 bits per heavy atom. The van der Waals surface area contributed by atoms with E-state index in [0.717, 1.165) is 30.1 Å². The van der Waals surface area contributed by atoms with Crippen LogP contribution in [0.15, 0.2) is 30.3 Å². The molecule has 0 spiro atoms. The van der Waals surface area contributed by atoms with Crippen LogP contribution in [0.2, 0.25) is 0 Å². The second kappa shape index (κ2) is 8.78. The van der Waals surface area contributed by atoms with Crippen LogP contribution in [0.3, 0.4) is 0 Å². The standard InChI is InChI=1S/C19H29NO/c1-15(2)8-7-12-20(5)13-11-16(3)18-9-6-10-19(14-18)17(4)21/h6,9-11,14-15H,7-8,12-13H2,1-5H3/b16-11+. The van der Waals surface area contributed by atoms with Crippen molar-refractivity contribution >= 4 is 11.4 Å². The van der Waals surface area contributed by atoms with Gasteiger partial charge in [0.1, 0.15) is 0 Å². The molecule has 0 heterocycles. The molecule has 0 aliphatic heterocycles. The van der Waals surface area contributed by atoms with Gasteiger partial charge in [0.15, 0.2) is 5.78 Å². The minimum absolute atomic E-state index is 0.121. The summed E-state index contributed by atoms with van der Waals surface area (Å²) in [4.78, 5) is 13.8. The van der Waals surface area contributed by atoms with E-state index in [1.807, 2.05) is 18.2 Å². The van der Waals surface area contributed by atoms with Gasteiger partial charge in [-0.05, 0) is 63.4 Å². The van der Waals surface area contributed by atoms with Gasteiger partial charge < -0.3 is 4.90 Å². The molecule has 1 aromatic carbocycles. The summed E-state index contributed by atoms with van der Waals surface area (Å²) in [7, 11) is 2.16. The van der Waals surface area contributed by atoms with Crippen LogP contribution in [-0.2, 0) is 0 Å². The molecule has 0 aliphatic carbocycles. The molecule has 0 saturated carbocycles. The average Bonchev–Trinajstić information content (AvgIpc) is 2.44. The smallest absolute Gasteiger partial charge is 0.159 e. The molecule has 1 aromatic rings. The van der Waals surface area contributed by atoms with Crippen molar-refractivity contribution in [2.75, 3.05) is 20.1 Å². The minimum Gasteiger partial charge on any atom is -0.303 e. The minimum atomic E-state index is 0.121. The van der Waals surface area contributed by atoms with Crippen molar-refractivity contribution in [1.82, 2.24) is 4.90 Å². The summed E-state index contributed by atoms with van der Waals surface area (Å²) in [5, 5.41) is 0. The zero-order valence-electron chi connectivity index (χ0n) is 14.1. The van der Waals surface area contributed by atoms with E-state index in [0.29, 0.717) is 0 Å². The molecule has 0 unspecified atom stereocenters. The number of nitrogens with zero attached hydrogens (tertiary/aromatic N) is 1. The van der Waals surface area contributed by atoms with Gasteiger partial charge in [-0.15, -0.1) is 0 Å². The molecule has 0 fully saturated rings. The van der Waals surface area contributed by atoms with Gasteiger partial charge in [-0.1, -0.05) is 38.1 Å². The van der Waals surface area contributed by atoms with Gasteiger partial charge in [0.2, 0.25) is 0 Å². The molecule has 21 heavy (non-hydrogen) atoms. The molecule has 0 amide bonds. The first-order chi connectivity index (χ1) is 9.90. The van der Waals surface area contributed by atoms with Crippen LogP contribution in [0.5, 0.6) is 0 Å². The summed E-state index contributed by atoms with van der Waals surface area (Å²) in [5.41, 5.74) is 3.15. The fourth-order valence-electron chi connectivity index (χ4n) is 2.25. The lowest BCUT2D eigenvalue weighted by Gasteiger charge is -2.15. The van der Waals surface area contributed by atoms with Crippen LogP contribution in [0.4, 0.5) is 0 Å². The first kappa shape index (κ1) is 17.6. The third-order valence-corrected chi connectivity index (χ3v) is 3.75. The Morgan fingerprint density at radius 1 is 1.24 bits per heavy atom. The maximum atomic E-state index is 11.4. The molecule has 0 saturated heterocycles. The Hall–Kier alpha value is -1.41. The van der Waals surface area contributed by atoms with Crippen molar-refractivity contribution in [3.05, 3.63) is 41.5 Å². The lowest BCUT2D eigenvalue weighted by molar-refractivity contribution is 0.101. The number of allylic oxidation sites excluding steroid dienone is 1. The number of carbonyl (C=O) groups is 1. The highest BCUT2D eigenvalue weighted by Gasteiger charge is 2.03.